The van der Waals surface area contributed by atoms with Crippen LogP contribution >= 0.6 is 11.3 Å². The molecule has 21 heavy (non-hydrogen) atoms. The molecule has 0 radical (unpaired) electrons. The van der Waals surface area contributed by atoms with Crippen molar-refractivity contribution in [3.05, 3.63) is 40.9 Å². The zero-order chi connectivity index (χ0) is 15.2. The summed E-state index contributed by atoms with van der Waals surface area (Å²) >= 11 is 1.57. The molecule has 1 aromatic carbocycles. The van der Waals surface area contributed by atoms with Gasteiger partial charge in [-0.15, -0.1) is 11.3 Å². The van der Waals surface area contributed by atoms with Crippen molar-refractivity contribution in [2.24, 2.45) is 0 Å². The molecule has 2 amide bonds. The molecule has 1 aromatic heterocycles. The maximum Gasteiger partial charge on any atom is 0.239 e. The van der Waals surface area contributed by atoms with Crippen LogP contribution in [0.1, 0.15) is 17.5 Å². The monoisotopic (exact) mass is 303 g/mol. The molecule has 0 aliphatic heterocycles. The minimum absolute atomic E-state index is 0.00126. The van der Waals surface area contributed by atoms with E-state index >= 15 is 0 Å². The van der Waals surface area contributed by atoms with Gasteiger partial charge in [0.2, 0.25) is 11.8 Å². The van der Waals surface area contributed by atoms with Crippen molar-refractivity contribution in [2.75, 3.05) is 6.54 Å². The van der Waals surface area contributed by atoms with Crippen molar-refractivity contribution in [1.82, 2.24) is 15.6 Å². The fourth-order valence-corrected chi connectivity index (χ4v) is 2.75. The van der Waals surface area contributed by atoms with Gasteiger partial charge in [0.25, 0.3) is 0 Å². The van der Waals surface area contributed by atoms with E-state index in [2.05, 4.69) is 15.6 Å². The SMILES string of the molecule is CC(=O)NCC(=O)NCc1sc(-c2ccccc2)nc1C. The third-order valence-corrected chi connectivity index (χ3v) is 4.06. The number of carbonyl (C=O) groups excluding carboxylic acids is 2. The van der Waals surface area contributed by atoms with E-state index in [1.54, 1.807) is 11.3 Å². The topological polar surface area (TPSA) is 71.1 Å². The highest BCUT2D eigenvalue weighted by molar-refractivity contribution is 7.15. The van der Waals surface area contributed by atoms with Crippen molar-refractivity contribution < 1.29 is 9.59 Å². The van der Waals surface area contributed by atoms with Gasteiger partial charge in [0.15, 0.2) is 0 Å². The van der Waals surface area contributed by atoms with Crippen LogP contribution in [0.3, 0.4) is 0 Å². The molecule has 2 rings (SSSR count). The number of nitrogens with zero attached hydrogens (tertiary/aromatic N) is 1. The zero-order valence-corrected chi connectivity index (χ0v) is 12.8. The number of carbonyl (C=O) groups is 2. The molecule has 0 aliphatic rings. The van der Waals surface area contributed by atoms with Crippen molar-refractivity contribution in [2.45, 2.75) is 20.4 Å². The van der Waals surface area contributed by atoms with Crippen molar-refractivity contribution in [1.29, 1.82) is 0 Å². The second kappa shape index (κ2) is 6.99. The van der Waals surface area contributed by atoms with Crippen LogP contribution in [0.25, 0.3) is 10.6 Å². The van der Waals surface area contributed by atoms with Crippen LogP contribution in [-0.4, -0.2) is 23.3 Å². The number of amides is 2. The number of hydrogen-bond donors (Lipinski definition) is 2. The Balaban J connectivity index is 1.97. The van der Waals surface area contributed by atoms with Gasteiger partial charge in [-0.1, -0.05) is 30.3 Å². The molecule has 0 spiro atoms. The lowest BCUT2D eigenvalue weighted by atomic mass is 10.2. The fraction of sp³-hybridized carbons (Fsp3) is 0.267. The Morgan fingerprint density at radius 2 is 1.90 bits per heavy atom. The highest BCUT2D eigenvalue weighted by atomic mass is 32.1. The van der Waals surface area contributed by atoms with E-state index in [0.717, 1.165) is 21.1 Å². The summed E-state index contributed by atoms with van der Waals surface area (Å²) < 4.78 is 0. The molecular weight excluding hydrogens is 286 g/mol. The van der Waals surface area contributed by atoms with E-state index in [1.165, 1.54) is 6.92 Å². The molecule has 0 bridgehead atoms. The second-order valence-electron chi connectivity index (χ2n) is 4.58. The van der Waals surface area contributed by atoms with Crippen LogP contribution in [0, 0.1) is 6.92 Å². The molecule has 6 heteroatoms. The van der Waals surface area contributed by atoms with Crippen LogP contribution < -0.4 is 10.6 Å². The normalized spacial score (nSPS) is 10.2. The molecule has 0 unspecified atom stereocenters. The van der Waals surface area contributed by atoms with Crippen LogP contribution in [0.4, 0.5) is 0 Å². The van der Waals surface area contributed by atoms with Crippen LogP contribution in [0.15, 0.2) is 30.3 Å². The van der Waals surface area contributed by atoms with E-state index in [9.17, 15) is 9.59 Å². The third-order valence-electron chi connectivity index (χ3n) is 2.86. The largest absolute Gasteiger partial charge is 0.350 e. The Morgan fingerprint density at radius 1 is 1.19 bits per heavy atom. The Morgan fingerprint density at radius 3 is 2.57 bits per heavy atom. The second-order valence-corrected chi connectivity index (χ2v) is 5.66. The quantitative estimate of drug-likeness (QED) is 0.886. The minimum Gasteiger partial charge on any atom is -0.350 e. The molecule has 1 heterocycles. The lowest BCUT2D eigenvalue weighted by molar-refractivity contribution is -0.125. The first-order valence-electron chi connectivity index (χ1n) is 6.59. The van der Waals surface area contributed by atoms with E-state index in [1.807, 2.05) is 37.3 Å². The van der Waals surface area contributed by atoms with Gasteiger partial charge in [-0.05, 0) is 6.92 Å². The summed E-state index contributed by atoms with van der Waals surface area (Å²) in [6.45, 7) is 3.73. The van der Waals surface area contributed by atoms with Crippen LogP contribution in [0.5, 0.6) is 0 Å². The molecule has 2 N–H and O–H groups in total. The summed E-state index contributed by atoms with van der Waals surface area (Å²) in [4.78, 5) is 27.9. The number of benzene rings is 1. The van der Waals surface area contributed by atoms with E-state index in [-0.39, 0.29) is 18.4 Å². The minimum atomic E-state index is -0.217. The maximum absolute atomic E-state index is 11.6. The summed E-state index contributed by atoms with van der Waals surface area (Å²) in [5.74, 6) is -0.426. The number of aromatic nitrogens is 1. The predicted octanol–water partition coefficient (Wildman–Crippen LogP) is 1.87. The summed E-state index contributed by atoms with van der Waals surface area (Å²) in [7, 11) is 0. The summed E-state index contributed by atoms with van der Waals surface area (Å²) in [6.07, 6.45) is 0. The summed E-state index contributed by atoms with van der Waals surface area (Å²) in [6, 6.07) is 9.93. The third kappa shape index (κ3) is 4.39. The standard InChI is InChI=1S/C15H17N3O2S/c1-10-13(8-17-14(20)9-16-11(2)19)21-15(18-10)12-6-4-3-5-7-12/h3-7H,8-9H2,1-2H3,(H,16,19)(H,17,20). The van der Waals surface area contributed by atoms with E-state index < -0.39 is 0 Å². The molecule has 0 fully saturated rings. The molecule has 0 saturated carbocycles. The van der Waals surface area contributed by atoms with Crippen LogP contribution in [0.2, 0.25) is 0 Å². The molecule has 2 aromatic rings. The van der Waals surface area contributed by atoms with E-state index in [4.69, 9.17) is 0 Å². The Labute approximate surface area is 127 Å². The highest BCUT2D eigenvalue weighted by Crippen LogP contribution is 2.27. The Kier molecular flexibility index (Phi) is 5.05. The highest BCUT2D eigenvalue weighted by Gasteiger charge is 2.10. The maximum atomic E-state index is 11.6. The van der Waals surface area contributed by atoms with Crippen LogP contribution in [-0.2, 0) is 16.1 Å². The summed E-state index contributed by atoms with van der Waals surface area (Å²) in [5.41, 5.74) is 1.99. The average Bonchev–Trinajstić information content (AvgIpc) is 2.85. The van der Waals surface area contributed by atoms with Crippen molar-refractivity contribution >= 4 is 23.2 Å². The predicted molar refractivity (Wildman–Crippen MR) is 82.8 cm³/mol. The van der Waals surface area contributed by atoms with Crippen molar-refractivity contribution in [3.63, 3.8) is 0 Å². The van der Waals surface area contributed by atoms with Gasteiger partial charge < -0.3 is 10.6 Å². The number of aryl methyl sites for hydroxylation is 1. The van der Waals surface area contributed by atoms with Gasteiger partial charge in [-0.2, -0.15) is 0 Å². The first-order valence-corrected chi connectivity index (χ1v) is 7.41. The molecule has 0 atom stereocenters. The number of rotatable bonds is 5. The van der Waals surface area contributed by atoms with Gasteiger partial charge >= 0.3 is 0 Å². The zero-order valence-electron chi connectivity index (χ0n) is 12.0. The Bertz CT molecular complexity index is 638. The first-order chi connectivity index (χ1) is 10.1. The Hall–Kier alpha value is -2.21. The van der Waals surface area contributed by atoms with E-state index in [0.29, 0.717) is 6.54 Å². The number of nitrogens with one attached hydrogen (secondary N) is 2. The van der Waals surface area contributed by atoms with Gasteiger partial charge in [0, 0.05) is 17.4 Å². The number of thiazole rings is 1. The fourth-order valence-electron chi connectivity index (χ4n) is 1.74. The lowest BCUT2D eigenvalue weighted by Crippen LogP contribution is -2.35. The van der Waals surface area contributed by atoms with Gasteiger partial charge in [0.1, 0.15) is 5.01 Å². The van der Waals surface area contributed by atoms with Gasteiger partial charge in [-0.25, -0.2) is 4.98 Å². The lowest BCUT2D eigenvalue weighted by Gasteiger charge is -2.04. The molecule has 5 nitrogen and oxygen atoms in total. The average molecular weight is 303 g/mol. The van der Waals surface area contributed by atoms with Crippen molar-refractivity contribution in [3.8, 4) is 10.6 Å². The first kappa shape index (κ1) is 15.2. The molecule has 0 aliphatic carbocycles. The molecule has 110 valence electrons. The summed E-state index contributed by atoms with van der Waals surface area (Å²) in [5, 5.41) is 6.18. The molecule has 0 saturated heterocycles. The van der Waals surface area contributed by atoms with Gasteiger partial charge in [0.05, 0.1) is 18.8 Å². The molecular formula is C15H17N3O2S. The smallest absolute Gasteiger partial charge is 0.239 e. The van der Waals surface area contributed by atoms with Gasteiger partial charge in [-0.3, -0.25) is 9.59 Å². The number of hydrogen-bond acceptors (Lipinski definition) is 4.